The van der Waals surface area contributed by atoms with E-state index in [0.717, 1.165) is 0 Å². The summed E-state index contributed by atoms with van der Waals surface area (Å²) < 4.78 is 30.1. The predicted octanol–water partition coefficient (Wildman–Crippen LogP) is -1.49. The van der Waals surface area contributed by atoms with E-state index in [1.165, 1.54) is 24.3 Å². The molecule has 0 N–H and O–H groups in total. The fraction of sp³-hybridized carbons (Fsp3) is 0.571. The Labute approximate surface area is 184 Å². The van der Waals surface area contributed by atoms with Crippen molar-refractivity contribution in [3.63, 3.8) is 0 Å². The Morgan fingerprint density at radius 1 is 0.875 bits per heavy atom. The van der Waals surface area contributed by atoms with Crippen molar-refractivity contribution in [1.29, 1.82) is 0 Å². The Morgan fingerprint density at radius 2 is 1.25 bits per heavy atom. The Hall–Kier alpha value is 0.166. The standard InChI is InChI=1S/C14H23O8P.K/c1-3-7-13(15)19-9-5-11-21-23(17,18)22-12-6-10-20-14(16)8-4-2;/h3-4,7-8H,5-6,9-12H2,1-2H3,(H,17,18);/q;+1/p-1. The van der Waals surface area contributed by atoms with Gasteiger partial charge in [0.15, 0.2) is 0 Å². The molecule has 0 fully saturated rings. The van der Waals surface area contributed by atoms with Crippen LogP contribution < -0.4 is 56.3 Å². The Kier molecular flexibility index (Phi) is 18.3. The number of hydrogen-bond donors (Lipinski definition) is 0. The number of carbonyl (C=O) groups excluding carboxylic acids is 2. The summed E-state index contributed by atoms with van der Waals surface area (Å²) in [6, 6.07) is 0. The molecule has 0 heterocycles. The van der Waals surface area contributed by atoms with Gasteiger partial charge in [0, 0.05) is 25.0 Å². The number of carbonyl (C=O) groups is 2. The second-order valence-corrected chi connectivity index (χ2v) is 5.57. The average molecular weight is 388 g/mol. The zero-order valence-corrected chi connectivity index (χ0v) is 18.3. The third-order valence-electron chi connectivity index (χ3n) is 2.17. The van der Waals surface area contributed by atoms with E-state index in [2.05, 4.69) is 9.05 Å². The van der Waals surface area contributed by atoms with Crippen LogP contribution >= 0.6 is 7.82 Å². The van der Waals surface area contributed by atoms with Crippen molar-refractivity contribution in [3.05, 3.63) is 24.3 Å². The Bertz CT molecular complexity index is 426. The van der Waals surface area contributed by atoms with E-state index in [1.807, 2.05) is 0 Å². The maximum atomic E-state index is 11.4. The second kappa shape index (κ2) is 16.6. The zero-order chi connectivity index (χ0) is 17.6. The van der Waals surface area contributed by atoms with Crippen LogP contribution in [-0.4, -0.2) is 38.4 Å². The molecule has 0 aromatic rings. The molecule has 10 heteroatoms. The summed E-state index contributed by atoms with van der Waals surface area (Å²) in [5, 5.41) is 0. The summed E-state index contributed by atoms with van der Waals surface area (Å²) in [5.74, 6) is -0.997. The van der Waals surface area contributed by atoms with Gasteiger partial charge in [0.25, 0.3) is 7.82 Å². The van der Waals surface area contributed by atoms with E-state index in [4.69, 9.17) is 9.47 Å². The average Bonchev–Trinajstić information content (AvgIpc) is 2.47. The fourth-order valence-corrected chi connectivity index (χ4v) is 2.00. The molecule has 0 rings (SSSR count). The van der Waals surface area contributed by atoms with Gasteiger partial charge in [-0.3, -0.25) is 4.57 Å². The van der Waals surface area contributed by atoms with Crippen LogP contribution in [0, 0.1) is 0 Å². The number of phosphoric ester groups is 1. The summed E-state index contributed by atoms with van der Waals surface area (Å²) in [4.78, 5) is 33.3. The Morgan fingerprint density at radius 3 is 1.58 bits per heavy atom. The van der Waals surface area contributed by atoms with Crippen molar-refractivity contribution in [2.75, 3.05) is 26.4 Å². The molecular weight excluding hydrogens is 366 g/mol. The van der Waals surface area contributed by atoms with Gasteiger partial charge in [0.1, 0.15) is 0 Å². The SMILES string of the molecule is CC=CC(=O)OCCCOP(=O)([O-])OCCCOC(=O)C=CC.[K+]. The van der Waals surface area contributed by atoms with E-state index < -0.39 is 19.8 Å². The van der Waals surface area contributed by atoms with Crippen LogP contribution in [0.5, 0.6) is 0 Å². The molecule has 0 spiro atoms. The number of allylic oxidation sites excluding steroid dienone is 2. The molecule has 0 unspecified atom stereocenters. The minimum absolute atomic E-state index is 0. The molecule has 0 aliphatic heterocycles. The molecule has 0 aromatic heterocycles. The minimum atomic E-state index is -4.40. The molecule has 0 saturated carbocycles. The summed E-state index contributed by atoms with van der Waals surface area (Å²) in [6.07, 6.45) is 6.03. The van der Waals surface area contributed by atoms with Gasteiger partial charge in [0.2, 0.25) is 0 Å². The summed E-state index contributed by atoms with van der Waals surface area (Å²) in [7, 11) is -4.40. The maximum absolute atomic E-state index is 11.4. The first kappa shape index (κ1) is 26.4. The van der Waals surface area contributed by atoms with Crippen molar-refractivity contribution in [3.8, 4) is 0 Å². The van der Waals surface area contributed by atoms with Gasteiger partial charge in [-0.15, -0.1) is 0 Å². The van der Waals surface area contributed by atoms with Crippen LogP contribution in [0.25, 0.3) is 0 Å². The molecule has 0 saturated heterocycles. The van der Waals surface area contributed by atoms with E-state index in [-0.39, 0.29) is 90.7 Å². The van der Waals surface area contributed by atoms with Crippen molar-refractivity contribution in [2.24, 2.45) is 0 Å². The van der Waals surface area contributed by atoms with E-state index in [9.17, 15) is 19.0 Å². The van der Waals surface area contributed by atoms with Gasteiger partial charge < -0.3 is 23.4 Å². The minimum Gasteiger partial charge on any atom is -0.756 e. The summed E-state index contributed by atoms with van der Waals surface area (Å²) in [6.45, 7) is 3.14. The fourth-order valence-electron chi connectivity index (χ4n) is 1.22. The normalized spacial score (nSPS) is 13.5. The first-order valence-corrected chi connectivity index (χ1v) is 8.56. The van der Waals surface area contributed by atoms with E-state index in [0.29, 0.717) is 0 Å². The number of hydrogen-bond acceptors (Lipinski definition) is 8. The van der Waals surface area contributed by atoms with Crippen LogP contribution in [0.4, 0.5) is 0 Å². The van der Waals surface area contributed by atoms with Crippen molar-refractivity contribution in [1.82, 2.24) is 0 Å². The van der Waals surface area contributed by atoms with Crippen molar-refractivity contribution in [2.45, 2.75) is 26.7 Å². The molecule has 0 aliphatic rings. The first-order valence-electron chi connectivity index (χ1n) is 7.10. The van der Waals surface area contributed by atoms with Gasteiger partial charge in [-0.05, 0) is 13.8 Å². The maximum Gasteiger partial charge on any atom is 1.00 e. The van der Waals surface area contributed by atoms with Crippen molar-refractivity contribution < 1.29 is 89.0 Å². The zero-order valence-electron chi connectivity index (χ0n) is 14.3. The van der Waals surface area contributed by atoms with Crippen LogP contribution in [0.2, 0.25) is 0 Å². The molecule has 0 radical (unpaired) electrons. The second-order valence-electron chi connectivity index (χ2n) is 4.16. The topological polar surface area (TPSA) is 111 Å². The largest absolute Gasteiger partial charge is 1.00 e. The van der Waals surface area contributed by atoms with Crippen LogP contribution in [0.1, 0.15) is 26.7 Å². The quantitative estimate of drug-likeness (QED) is 0.131. The molecule has 0 bridgehead atoms. The number of esters is 2. The third kappa shape index (κ3) is 17.0. The van der Waals surface area contributed by atoms with Gasteiger partial charge in [-0.1, -0.05) is 12.2 Å². The summed E-state index contributed by atoms with van der Waals surface area (Å²) in [5.41, 5.74) is 0. The molecule has 24 heavy (non-hydrogen) atoms. The predicted molar refractivity (Wildman–Crippen MR) is 80.3 cm³/mol. The van der Waals surface area contributed by atoms with Crippen LogP contribution in [0.15, 0.2) is 24.3 Å². The number of ether oxygens (including phenoxy) is 2. The molecule has 0 aromatic carbocycles. The number of rotatable bonds is 12. The van der Waals surface area contributed by atoms with Crippen LogP contribution in [0.3, 0.4) is 0 Å². The smallest absolute Gasteiger partial charge is 0.756 e. The van der Waals surface area contributed by atoms with E-state index in [1.54, 1.807) is 13.8 Å². The Balaban J connectivity index is 0. The van der Waals surface area contributed by atoms with Gasteiger partial charge in [-0.25, -0.2) is 9.59 Å². The molecule has 8 nitrogen and oxygen atoms in total. The van der Waals surface area contributed by atoms with Crippen LogP contribution in [-0.2, 0) is 32.7 Å². The first-order chi connectivity index (χ1) is 10.9. The number of phosphoric acid groups is 1. The van der Waals surface area contributed by atoms with Gasteiger partial charge >= 0.3 is 63.3 Å². The van der Waals surface area contributed by atoms with Gasteiger partial charge in [0.05, 0.1) is 26.4 Å². The molecule has 0 atom stereocenters. The van der Waals surface area contributed by atoms with E-state index >= 15 is 0 Å². The monoisotopic (exact) mass is 388 g/mol. The van der Waals surface area contributed by atoms with Gasteiger partial charge in [-0.2, -0.15) is 0 Å². The molecule has 0 aliphatic carbocycles. The molecule has 0 amide bonds. The van der Waals surface area contributed by atoms with Crippen molar-refractivity contribution >= 4 is 19.8 Å². The summed E-state index contributed by atoms with van der Waals surface area (Å²) >= 11 is 0. The molecular formula is C14H22KO8P. The third-order valence-corrected chi connectivity index (χ3v) is 3.17. The molecule has 132 valence electrons.